The lowest BCUT2D eigenvalue weighted by Crippen LogP contribution is -1.69. The molecular formula is C7H4INS2. The van der Waals surface area contributed by atoms with Gasteiger partial charge in [-0.25, -0.2) is 4.98 Å². The van der Waals surface area contributed by atoms with Gasteiger partial charge in [-0.05, 0) is 40.8 Å². The zero-order chi connectivity index (χ0) is 7.84. The van der Waals surface area contributed by atoms with Crippen LogP contribution in [0.15, 0.2) is 22.5 Å². The van der Waals surface area contributed by atoms with Crippen LogP contribution in [0, 0.1) is 3.57 Å². The molecule has 1 aromatic carbocycles. The highest BCUT2D eigenvalue weighted by atomic mass is 127. The minimum atomic E-state index is 0.835. The molecule has 0 fully saturated rings. The quantitative estimate of drug-likeness (QED) is 0.581. The number of nitrogens with zero attached hydrogens (tertiary/aromatic N) is 1. The van der Waals surface area contributed by atoms with E-state index in [1.807, 2.05) is 0 Å². The van der Waals surface area contributed by atoms with E-state index in [9.17, 15) is 0 Å². The predicted octanol–water partition coefficient (Wildman–Crippen LogP) is 3.19. The second-order valence-corrected chi connectivity index (χ2v) is 5.11. The van der Waals surface area contributed by atoms with Crippen LogP contribution in [-0.4, -0.2) is 4.98 Å². The fourth-order valence-electron chi connectivity index (χ4n) is 0.888. The van der Waals surface area contributed by atoms with Crippen molar-refractivity contribution in [1.29, 1.82) is 0 Å². The molecule has 0 aliphatic carbocycles. The van der Waals surface area contributed by atoms with E-state index in [1.54, 1.807) is 11.3 Å². The molecule has 0 radical (unpaired) electrons. The molecule has 1 heterocycles. The monoisotopic (exact) mass is 293 g/mol. The number of aromatic nitrogens is 1. The molecule has 0 N–H and O–H groups in total. The summed E-state index contributed by atoms with van der Waals surface area (Å²) in [6.45, 7) is 0. The summed E-state index contributed by atoms with van der Waals surface area (Å²) in [5.41, 5.74) is 1.05. The van der Waals surface area contributed by atoms with Gasteiger partial charge in [0.15, 0.2) is 0 Å². The predicted molar refractivity (Wildman–Crippen MR) is 59.6 cm³/mol. The fraction of sp³-hybridized carbons (Fsp3) is 0. The Balaban J connectivity index is 2.82. The molecule has 0 aliphatic heterocycles. The SMILES string of the molecule is Sc1nc2cc(I)ccc2s1. The lowest BCUT2D eigenvalue weighted by Gasteiger charge is -1.86. The Morgan fingerprint density at radius 1 is 1.45 bits per heavy atom. The Kier molecular flexibility index (Phi) is 2.07. The number of hydrogen-bond acceptors (Lipinski definition) is 3. The van der Waals surface area contributed by atoms with Crippen molar-refractivity contribution < 1.29 is 0 Å². The van der Waals surface area contributed by atoms with Gasteiger partial charge in [-0.1, -0.05) is 0 Å². The Morgan fingerprint density at radius 3 is 3.09 bits per heavy atom. The molecule has 0 saturated carbocycles. The number of hydrogen-bond donors (Lipinski definition) is 1. The van der Waals surface area contributed by atoms with Crippen LogP contribution in [0.25, 0.3) is 10.2 Å². The van der Waals surface area contributed by atoms with Crippen molar-refractivity contribution in [3.63, 3.8) is 0 Å². The van der Waals surface area contributed by atoms with E-state index >= 15 is 0 Å². The molecule has 0 unspecified atom stereocenters. The van der Waals surface area contributed by atoms with Gasteiger partial charge in [-0.2, -0.15) is 0 Å². The molecule has 56 valence electrons. The largest absolute Gasteiger partial charge is 0.230 e. The summed E-state index contributed by atoms with van der Waals surface area (Å²) >= 11 is 8.07. The van der Waals surface area contributed by atoms with Gasteiger partial charge in [-0.15, -0.1) is 24.0 Å². The van der Waals surface area contributed by atoms with E-state index in [0.717, 1.165) is 9.86 Å². The lowest BCUT2D eigenvalue weighted by atomic mass is 10.3. The number of thiol groups is 1. The molecule has 1 aromatic heterocycles. The molecule has 4 heteroatoms. The topological polar surface area (TPSA) is 12.9 Å². The zero-order valence-electron chi connectivity index (χ0n) is 5.41. The van der Waals surface area contributed by atoms with Crippen LogP contribution < -0.4 is 0 Å². The van der Waals surface area contributed by atoms with Crippen LogP contribution in [0.2, 0.25) is 0 Å². The number of fused-ring (bicyclic) bond motifs is 1. The van der Waals surface area contributed by atoms with Crippen molar-refractivity contribution in [3.8, 4) is 0 Å². The van der Waals surface area contributed by atoms with Gasteiger partial charge in [0, 0.05) is 3.57 Å². The molecular weight excluding hydrogens is 289 g/mol. The Labute approximate surface area is 87.4 Å². The molecule has 2 rings (SSSR count). The lowest BCUT2D eigenvalue weighted by molar-refractivity contribution is 1.31. The molecule has 0 aliphatic rings. The van der Waals surface area contributed by atoms with Crippen molar-refractivity contribution in [2.75, 3.05) is 0 Å². The van der Waals surface area contributed by atoms with Gasteiger partial charge in [0.25, 0.3) is 0 Å². The minimum Gasteiger partial charge on any atom is -0.230 e. The second-order valence-electron chi connectivity index (χ2n) is 2.11. The molecule has 0 amide bonds. The normalized spacial score (nSPS) is 10.7. The third kappa shape index (κ3) is 1.52. The van der Waals surface area contributed by atoms with Crippen molar-refractivity contribution in [1.82, 2.24) is 4.98 Å². The van der Waals surface area contributed by atoms with Gasteiger partial charge in [0.05, 0.1) is 10.2 Å². The maximum absolute atomic E-state index is 4.25. The first-order valence-corrected chi connectivity index (χ1v) is 5.35. The summed E-state index contributed by atoms with van der Waals surface area (Å²) < 4.78 is 3.26. The molecule has 2 aromatic rings. The summed E-state index contributed by atoms with van der Waals surface area (Å²) in [4.78, 5) is 4.25. The minimum absolute atomic E-state index is 0.835. The molecule has 11 heavy (non-hydrogen) atoms. The highest BCUT2D eigenvalue weighted by Crippen LogP contribution is 2.25. The Hall–Kier alpha value is 0.190. The van der Waals surface area contributed by atoms with Gasteiger partial charge in [0.1, 0.15) is 4.34 Å². The average Bonchev–Trinajstić information content (AvgIpc) is 2.27. The average molecular weight is 293 g/mol. The van der Waals surface area contributed by atoms with Crippen molar-refractivity contribution in [2.24, 2.45) is 0 Å². The number of halogens is 1. The van der Waals surface area contributed by atoms with Crippen LogP contribution in [0.1, 0.15) is 0 Å². The highest BCUT2D eigenvalue weighted by Gasteiger charge is 1.99. The Morgan fingerprint density at radius 2 is 2.27 bits per heavy atom. The third-order valence-corrected chi connectivity index (χ3v) is 3.22. The summed E-state index contributed by atoms with van der Waals surface area (Å²) in [6, 6.07) is 6.22. The molecule has 1 nitrogen and oxygen atoms in total. The first-order valence-electron chi connectivity index (χ1n) is 3.01. The van der Waals surface area contributed by atoms with E-state index in [4.69, 9.17) is 0 Å². The van der Waals surface area contributed by atoms with Gasteiger partial charge in [-0.3, -0.25) is 0 Å². The molecule has 0 atom stereocenters. The van der Waals surface area contributed by atoms with Crippen molar-refractivity contribution in [3.05, 3.63) is 21.8 Å². The Bertz CT molecular complexity index is 396. The zero-order valence-corrected chi connectivity index (χ0v) is 9.28. The molecule has 0 spiro atoms. The van der Waals surface area contributed by atoms with E-state index in [1.165, 1.54) is 8.27 Å². The summed E-state index contributed by atoms with van der Waals surface area (Å²) in [6.07, 6.45) is 0. The third-order valence-electron chi connectivity index (χ3n) is 1.34. The first-order chi connectivity index (χ1) is 5.25. The van der Waals surface area contributed by atoms with Crippen molar-refractivity contribution in [2.45, 2.75) is 4.34 Å². The maximum Gasteiger partial charge on any atom is 0.148 e. The number of thiazole rings is 1. The van der Waals surface area contributed by atoms with Gasteiger partial charge >= 0.3 is 0 Å². The van der Waals surface area contributed by atoms with Gasteiger partial charge in [0.2, 0.25) is 0 Å². The fourth-order valence-corrected chi connectivity index (χ4v) is 2.45. The van der Waals surface area contributed by atoms with Crippen LogP contribution in [0.3, 0.4) is 0 Å². The number of benzene rings is 1. The smallest absolute Gasteiger partial charge is 0.148 e. The van der Waals surface area contributed by atoms with Crippen LogP contribution in [-0.2, 0) is 0 Å². The first kappa shape index (κ1) is 7.82. The number of rotatable bonds is 0. The standard InChI is InChI=1S/C7H4INS2/c8-4-1-2-6-5(3-4)9-7(10)11-6/h1-3H,(H,9,10). The highest BCUT2D eigenvalue weighted by molar-refractivity contribution is 14.1. The van der Waals surface area contributed by atoms with Crippen LogP contribution in [0.4, 0.5) is 0 Å². The van der Waals surface area contributed by atoms with E-state index < -0.39 is 0 Å². The van der Waals surface area contributed by atoms with Crippen LogP contribution >= 0.6 is 46.6 Å². The van der Waals surface area contributed by atoms with E-state index in [0.29, 0.717) is 0 Å². The summed E-state index contributed by atoms with van der Waals surface area (Å²) in [7, 11) is 0. The maximum atomic E-state index is 4.25. The second kappa shape index (κ2) is 2.91. The van der Waals surface area contributed by atoms with Crippen molar-refractivity contribution >= 4 is 56.8 Å². The summed E-state index contributed by atoms with van der Waals surface area (Å²) in [5, 5.41) is 0. The molecule has 0 saturated heterocycles. The van der Waals surface area contributed by atoms with E-state index in [-0.39, 0.29) is 0 Å². The van der Waals surface area contributed by atoms with E-state index in [2.05, 4.69) is 58.4 Å². The van der Waals surface area contributed by atoms with Gasteiger partial charge < -0.3 is 0 Å². The summed E-state index contributed by atoms with van der Waals surface area (Å²) in [5.74, 6) is 0. The van der Waals surface area contributed by atoms with Crippen LogP contribution in [0.5, 0.6) is 0 Å². The molecule has 0 bridgehead atoms.